The Morgan fingerprint density at radius 3 is 2.11 bits per heavy atom. The van der Waals surface area contributed by atoms with E-state index in [4.69, 9.17) is 5.73 Å². The number of nitrogens with two attached hydrogens (primary N) is 1. The van der Waals surface area contributed by atoms with Crippen LogP contribution in [0.4, 0.5) is 23.7 Å². The lowest BCUT2D eigenvalue weighted by Gasteiger charge is -2.36. The summed E-state index contributed by atoms with van der Waals surface area (Å²) in [6.45, 7) is 6.72. The van der Waals surface area contributed by atoms with Crippen LogP contribution in [-0.2, 0) is 11.0 Å². The molecule has 156 valence electrons. The molecule has 2 rings (SSSR count). The third-order valence-corrected chi connectivity index (χ3v) is 4.81. The van der Waals surface area contributed by atoms with Gasteiger partial charge in [0, 0.05) is 24.8 Å². The Kier molecular flexibility index (Phi) is 6.59. The number of likely N-dealkylation sites (tertiary alicyclic amines) is 1. The minimum absolute atomic E-state index is 0.0971. The molecule has 1 aromatic rings. The van der Waals surface area contributed by atoms with Gasteiger partial charge < -0.3 is 21.3 Å². The number of carbonyl (C=O) groups excluding carboxylic acids is 2. The van der Waals surface area contributed by atoms with Crippen molar-refractivity contribution < 1.29 is 22.8 Å². The van der Waals surface area contributed by atoms with Crippen molar-refractivity contribution in [3.8, 4) is 0 Å². The maximum Gasteiger partial charge on any atom is 0.416 e. The van der Waals surface area contributed by atoms with Gasteiger partial charge in [-0.05, 0) is 42.5 Å². The Morgan fingerprint density at radius 2 is 1.64 bits per heavy atom. The Hall–Kier alpha value is -2.29. The Balaban J connectivity index is 1.81. The normalized spacial score (nSPS) is 17.2. The van der Waals surface area contributed by atoms with Crippen molar-refractivity contribution in [2.24, 2.45) is 11.1 Å². The molecule has 28 heavy (non-hydrogen) atoms. The average molecular weight is 400 g/mol. The molecule has 0 saturated carbocycles. The number of nitrogens with zero attached hydrogens (tertiary/aromatic N) is 1. The van der Waals surface area contributed by atoms with Crippen molar-refractivity contribution in [2.45, 2.75) is 51.9 Å². The van der Waals surface area contributed by atoms with Gasteiger partial charge in [0.1, 0.15) is 0 Å². The molecule has 1 aliphatic rings. The first-order chi connectivity index (χ1) is 12.9. The molecule has 1 atom stereocenters. The van der Waals surface area contributed by atoms with Crippen LogP contribution < -0.4 is 16.4 Å². The highest BCUT2D eigenvalue weighted by Gasteiger charge is 2.33. The molecule has 1 aliphatic heterocycles. The zero-order valence-electron chi connectivity index (χ0n) is 16.3. The van der Waals surface area contributed by atoms with E-state index in [1.165, 1.54) is 12.1 Å². The fourth-order valence-corrected chi connectivity index (χ4v) is 2.91. The number of piperidine rings is 1. The van der Waals surface area contributed by atoms with Gasteiger partial charge >= 0.3 is 12.2 Å². The summed E-state index contributed by atoms with van der Waals surface area (Å²) < 4.78 is 37.7. The zero-order valence-corrected chi connectivity index (χ0v) is 16.3. The maximum absolute atomic E-state index is 12.6. The van der Waals surface area contributed by atoms with Gasteiger partial charge in [-0.25, -0.2) is 4.79 Å². The van der Waals surface area contributed by atoms with Crippen LogP contribution in [0.25, 0.3) is 0 Å². The van der Waals surface area contributed by atoms with Crippen LogP contribution in [-0.4, -0.2) is 42.0 Å². The summed E-state index contributed by atoms with van der Waals surface area (Å²) in [7, 11) is 0. The average Bonchev–Trinajstić information content (AvgIpc) is 2.60. The molecular formula is C19H27F3N4O2. The van der Waals surface area contributed by atoms with Gasteiger partial charge in [-0.15, -0.1) is 0 Å². The van der Waals surface area contributed by atoms with Crippen molar-refractivity contribution in [3.63, 3.8) is 0 Å². The number of rotatable bonds is 3. The van der Waals surface area contributed by atoms with E-state index >= 15 is 0 Å². The highest BCUT2D eigenvalue weighted by atomic mass is 19.4. The first-order valence-electron chi connectivity index (χ1n) is 9.17. The topological polar surface area (TPSA) is 87.5 Å². The van der Waals surface area contributed by atoms with E-state index in [9.17, 15) is 22.8 Å². The van der Waals surface area contributed by atoms with E-state index < -0.39 is 23.8 Å². The van der Waals surface area contributed by atoms with E-state index in [1.807, 2.05) is 20.8 Å². The van der Waals surface area contributed by atoms with Crippen LogP contribution in [0.3, 0.4) is 0 Å². The fraction of sp³-hybridized carbons (Fsp3) is 0.579. The maximum atomic E-state index is 12.6. The number of alkyl halides is 3. The zero-order chi connectivity index (χ0) is 21.1. The van der Waals surface area contributed by atoms with Crippen LogP contribution in [0.1, 0.15) is 39.2 Å². The summed E-state index contributed by atoms with van der Waals surface area (Å²) in [6, 6.07) is 3.05. The summed E-state index contributed by atoms with van der Waals surface area (Å²) in [5.74, 6) is -0.0971. The summed E-state index contributed by atoms with van der Waals surface area (Å²) in [5.41, 5.74) is 5.20. The van der Waals surface area contributed by atoms with E-state index in [2.05, 4.69) is 10.6 Å². The molecular weight excluding hydrogens is 373 g/mol. The fourth-order valence-electron chi connectivity index (χ4n) is 2.91. The first kappa shape index (κ1) is 22.0. The number of urea groups is 1. The number of hydrogen-bond donors (Lipinski definition) is 3. The van der Waals surface area contributed by atoms with E-state index in [-0.39, 0.29) is 23.1 Å². The largest absolute Gasteiger partial charge is 0.416 e. The SMILES string of the molecule is CC(C)(C)C(N)C(=O)N1CCC(NC(=O)Nc2ccc(C(F)(F)F)cc2)CC1. The van der Waals surface area contributed by atoms with Crippen LogP contribution in [0.2, 0.25) is 0 Å². The molecule has 1 unspecified atom stereocenters. The predicted molar refractivity (Wildman–Crippen MR) is 101 cm³/mol. The molecule has 9 heteroatoms. The van der Waals surface area contributed by atoms with Gasteiger partial charge in [-0.2, -0.15) is 13.2 Å². The standard InChI is InChI=1S/C19H27F3N4O2/c1-18(2,3)15(23)16(27)26-10-8-14(9-11-26)25-17(28)24-13-6-4-12(5-7-13)19(20,21)22/h4-7,14-15H,8-11,23H2,1-3H3,(H2,24,25,28). The number of anilines is 1. The third kappa shape index (κ3) is 5.85. The number of halogens is 3. The van der Waals surface area contributed by atoms with E-state index in [0.717, 1.165) is 12.1 Å². The quantitative estimate of drug-likeness (QED) is 0.728. The molecule has 4 N–H and O–H groups in total. The Labute approximate surface area is 162 Å². The summed E-state index contributed by atoms with van der Waals surface area (Å²) in [4.78, 5) is 26.2. The number of benzene rings is 1. The second kappa shape index (κ2) is 8.38. The third-order valence-electron chi connectivity index (χ3n) is 4.81. The Bertz CT molecular complexity index is 691. The van der Waals surface area contributed by atoms with Crippen molar-refractivity contribution >= 4 is 17.6 Å². The summed E-state index contributed by atoms with van der Waals surface area (Å²) >= 11 is 0. The minimum Gasteiger partial charge on any atom is -0.341 e. The lowest BCUT2D eigenvalue weighted by atomic mass is 9.86. The molecule has 3 amide bonds. The highest BCUT2D eigenvalue weighted by Crippen LogP contribution is 2.29. The lowest BCUT2D eigenvalue weighted by Crippen LogP contribution is -2.54. The number of amides is 3. The first-order valence-corrected chi connectivity index (χ1v) is 9.17. The van der Waals surface area contributed by atoms with Gasteiger partial charge in [0.15, 0.2) is 0 Å². The van der Waals surface area contributed by atoms with Crippen LogP contribution in [0, 0.1) is 5.41 Å². The van der Waals surface area contributed by atoms with Gasteiger partial charge in [-0.1, -0.05) is 20.8 Å². The predicted octanol–water partition coefficient (Wildman–Crippen LogP) is 3.19. The summed E-state index contributed by atoms with van der Waals surface area (Å²) in [5, 5.41) is 5.31. The molecule has 1 aromatic carbocycles. The van der Waals surface area contributed by atoms with Gasteiger partial charge in [0.2, 0.25) is 5.91 Å². The molecule has 1 heterocycles. The van der Waals surface area contributed by atoms with Crippen molar-refractivity contribution in [2.75, 3.05) is 18.4 Å². The van der Waals surface area contributed by atoms with Crippen LogP contribution in [0.15, 0.2) is 24.3 Å². The second-order valence-electron chi connectivity index (χ2n) is 8.12. The van der Waals surface area contributed by atoms with Crippen molar-refractivity contribution in [1.82, 2.24) is 10.2 Å². The van der Waals surface area contributed by atoms with Crippen LogP contribution in [0.5, 0.6) is 0 Å². The highest BCUT2D eigenvalue weighted by molar-refractivity contribution is 5.89. The van der Waals surface area contributed by atoms with Gasteiger partial charge in [0.25, 0.3) is 0 Å². The molecule has 1 fully saturated rings. The molecule has 0 aliphatic carbocycles. The molecule has 6 nitrogen and oxygen atoms in total. The summed E-state index contributed by atoms with van der Waals surface area (Å²) in [6.07, 6.45) is -3.24. The minimum atomic E-state index is -4.41. The van der Waals surface area contributed by atoms with Crippen LogP contribution >= 0.6 is 0 Å². The number of carbonyl (C=O) groups is 2. The smallest absolute Gasteiger partial charge is 0.341 e. The van der Waals surface area contributed by atoms with Gasteiger partial charge in [-0.3, -0.25) is 4.79 Å². The number of hydrogen-bond acceptors (Lipinski definition) is 3. The van der Waals surface area contributed by atoms with Crippen molar-refractivity contribution in [3.05, 3.63) is 29.8 Å². The Morgan fingerprint density at radius 1 is 1.11 bits per heavy atom. The van der Waals surface area contributed by atoms with E-state index in [1.54, 1.807) is 4.90 Å². The molecule has 0 spiro atoms. The molecule has 1 saturated heterocycles. The molecule has 0 aromatic heterocycles. The van der Waals surface area contributed by atoms with Gasteiger partial charge in [0.05, 0.1) is 11.6 Å². The second-order valence-corrected chi connectivity index (χ2v) is 8.12. The van der Waals surface area contributed by atoms with E-state index in [0.29, 0.717) is 25.9 Å². The molecule has 0 radical (unpaired) electrons. The molecule has 0 bridgehead atoms. The van der Waals surface area contributed by atoms with Crippen molar-refractivity contribution in [1.29, 1.82) is 0 Å². The monoisotopic (exact) mass is 400 g/mol. The number of nitrogens with one attached hydrogen (secondary N) is 2. The lowest BCUT2D eigenvalue weighted by molar-refractivity contribution is -0.137.